The molecule has 3 N–H and O–H groups in total. The van der Waals surface area contributed by atoms with Crippen LogP contribution in [-0.2, 0) is 12.8 Å². The summed E-state index contributed by atoms with van der Waals surface area (Å²) < 4.78 is 0. The molecule has 3 rings (SSSR count). The summed E-state index contributed by atoms with van der Waals surface area (Å²) in [7, 11) is 0. The molecule has 0 aliphatic rings. The summed E-state index contributed by atoms with van der Waals surface area (Å²) >= 11 is 0. The molecule has 3 nitrogen and oxygen atoms in total. The molecule has 0 spiro atoms. The van der Waals surface area contributed by atoms with Crippen LogP contribution in [0.3, 0.4) is 0 Å². The predicted molar refractivity (Wildman–Crippen MR) is 109 cm³/mol. The second-order valence-electron chi connectivity index (χ2n) is 7.39. The third-order valence-electron chi connectivity index (χ3n) is 5.19. The Hall–Kier alpha value is -2.94. The number of phenolic OH excluding ortho intramolecular Hbond substituents is 3. The Labute approximate surface area is 160 Å². The number of para-hydroxylation sites is 1. The van der Waals surface area contributed by atoms with Crippen LogP contribution in [0.4, 0.5) is 0 Å². The highest BCUT2D eigenvalue weighted by Gasteiger charge is 2.16. The van der Waals surface area contributed by atoms with E-state index >= 15 is 0 Å². The first kappa shape index (κ1) is 18.8. The molecule has 0 amide bonds. The van der Waals surface area contributed by atoms with Crippen molar-refractivity contribution in [2.24, 2.45) is 0 Å². The number of benzene rings is 3. The van der Waals surface area contributed by atoms with Crippen molar-refractivity contribution >= 4 is 0 Å². The van der Waals surface area contributed by atoms with Gasteiger partial charge in [-0.1, -0.05) is 48.0 Å². The van der Waals surface area contributed by atoms with Gasteiger partial charge in [-0.05, 0) is 61.1 Å². The highest BCUT2D eigenvalue weighted by molar-refractivity contribution is 5.53. The third kappa shape index (κ3) is 3.77. The van der Waals surface area contributed by atoms with E-state index in [1.165, 1.54) is 0 Å². The molecule has 0 saturated carbocycles. The zero-order chi connectivity index (χ0) is 19.7. The molecule has 3 aromatic rings. The normalized spacial score (nSPS) is 11.0. The monoisotopic (exact) mass is 362 g/mol. The van der Waals surface area contributed by atoms with Gasteiger partial charge in [0.15, 0.2) is 0 Å². The maximum Gasteiger partial charge on any atom is 0.122 e. The van der Waals surface area contributed by atoms with E-state index in [2.05, 4.69) is 0 Å². The molecule has 0 aliphatic carbocycles. The largest absolute Gasteiger partial charge is 0.507 e. The van der Waals surface area contributed by atoms with Gasteiger partial charge in [0.1, 0.15) is 17.2 Å². The number of aromatic hydroxyl groups is 3. The lowest BCUT2D eigenvalue weighted by atomic mass is 9.92. The first-order valence-electron chi connectivity index (χ1n) is 9.14. The molecule has 0 fully saturated rings. The molecule has 0 saturated heterocycles. The maximum absolute atomic E-state index is 10.9. The summed E-state index contributed by atoms with van der Waals surface area (Å²) in [5.74, 6) is 0.779. The maximum atomic E-state index is 10.9. The van der Waals surface area contributed by atoms with Gasteiger partial charge in [-0.25, -0.2) is 0 Å². The van der Waals surface area contributed by atoms with Gasteiger partial charge in [0, 0.05) is 18.4 Å². The van der Waals surface area contributed by atoms with Gasteiger partial charge >= 0.3 is 0 Å². The Kier molecular flexibility index (Phi) is 5.13. The molecule has 0 bridgehead atoms. The predicted octanol–water partition coefficient (Wildman–Crippen LogP) is 5.22. The number of hydrogen-bond acceptors (Lipinski definition) is 3. The summed E-state index contributed by atoms with van der Waals surface area (Å²) in [6.45, 7) is 7.71. The molecule has 3 heteroatoms. The van der Waals surface area contributed by atoms with Crippen molar-refractivity contribution in [2.75, 3.05) is 0 Å². The number of rotatable bonds is 4. The molecule has 0 radical (unpaired) electrons. The van der Waals surface area contributed by atoms with Crippen molar-refractivity contribution in [3.8, 4) is 17.2 Å². The topological polar surface area (TPSA) is 60.7 Å². The van der Waals surface area contributed by atoms with Gasteiger partial charge in [0.05, 0.1) is 0 Å². The van der Waals surface area contributed by atoms with Gasteiger partial charge in [0.25, 0.3) is 0 Å². The Balaban J connectivity index is 2.01. The minimum atomic E-state index is 0.231. The molecule has 0 aliphatic heterocycles. The fourth-order valence-corrected chi connectivity index (χ4v) is 3.59. The van der Waals surface area contributed by atoms with Crippen LogP contribution in [0, 0.1) is 27.7 Å². The van der Waals surface area contributed by atoms with Crippen LogP contribution in [0.25, 0.3) is 0 Å². The highest BCUT2D eigenvalue weighted by atomic mass is 16.3. The van der Waals surface area contributed by atoms with E-state index in [1.807, 2.05) is 70.2 Å². The molecule has 0 unspecified atom stereocenters. The van der Waals surface area contributed by atoms with Gasteiger partial charge in [-0.15, -0.1) is 0 Å². The van der Waals surface area contributed by atoms with E-state index in [-0.39, 0.29) is 17.2 Å². The van der Waals surface area contributed by atoms with Crippen molar-refractivity contribution in [3.63, 3.8) is 0 Å². The fraction of sp³-hybridized carbons (Fsp3) is 0.250. The van der Waals surface area contributed by atoms with Crippen molar-refractivity contribution in [2.45, 2.75) is 40.5 Å². The number of aryl methyl sites for hydroxylation is 4. The summed E-state index contributed by atoms with van der Waals surface area (Å²) in [6, 6.07) is 13.4. The molecule has 27 heavy (non-hydrogen) atoms. The van der Waals surface area contributed by atoms with E-state index < -0.39 is 0 Å². The fourth-order valence-electron chi connectivity index (χ4n) is 3.59. The second kappa shape index (κ2) is 7.36. The van der Waals surface area contributed by atoms with E-state index in [9.17, 15) is 15.3 Å². The van der Waals surface area contributed by atoms with Crippen LogP contribution in [0.2, 0.25) is 0 Å². The summed E-state index contributed by atoms with van der Waals surface area (Å²) in [5.41, 5.74) is 6.88. The lowest BCUT2D eigenvalue weighted by molar-refractivity contribution is 0.454. The van der Waals surface area contributed by atoms with Gasteiger partial charge in [-0.3, -0.25) is 0 Å². The molecule has 140 valence electrons. The summed E-state index contributed by atoms with van der Waals surface area (Å²) in [5, 5.41) is 31.6. The van der Waals surface area contributed by atoms with E-state index in [0.29, 0.717) is 12.8 Å². The van der Waals surface area contributed by atoms with Crippen molar-refractivity contribution < 1.29 is 15.3 Å². The summed E-state index contributed by atoms with van der Waals surface area (Å²) in [4.78, 5) is 0. The van der Waals surface area contributed by atoms with Gasteiger partial charge in [0.2, 0.25) is 0 Å². The molecular weight excluding hydrogens is 336 g/mol. The molecular formula is C24H26O3. The number of hydrogen-bond donors (Lipinski definition) is 3. The summed E-state index contributed by atoms with van der Waals surface area (Å²) in [6.07, 6.45) is 0.908. The van der Waals surface area contributed by atoms with Crippen LogP contribution in [0.1, 0.15) is 44.5 Å². The quantitative estimate of drug-likeness (QED) is 0.596. The van der Waals surface area contributed by atoms with Gasteiger partial charge < -0.3 is 15.3 Å². The minimum absolute atomic E-state index is 0.231. The lowest BCUT2D eigenvalue weighted by Crippen LogP contribution is -1.99. The van der Waals surface area contributed by atoms with Crippen LogP contribution in [0.15, 0.2) is 42.5 Å². The van der Waals surface area contributed by atoms with Crippen molar-refractivity contribution in [1.29, 1.82) is 0 Å². The average Bonchev–Trinajstić information content (AvgIpc) is 2.62. The lowest BCUT2D eigenvalue weighted by Gasteiger charge is -2.16. The van der Waals surface area contributed by atoms with Crippen LogP contribution in [0.5, 0.6) is 17.2 Å². The van der Waals surface area contributed by atoms with Crippen molar-refractivity contribution in [3.05, 3.63) is 87.0 Å². The smallest absolute Gasteiger partial charge is 0.122 e. The second-order valence-corrected chi connectivity index (χ2v) is 7.39. The standard InChI is InChI=1S/C24H26O3/c1-14-10-17(4)23(26)20(11-14)13-21-15(2)8-9-19(24(21)27)12-18-7-5-6-16(3)22(18)25/h5-11,25-27H,12-13H2,1-4H3. The first-order chi connectivity index (χ1) is 12.8. The first-order valence-corrected chi connectivity index (χ1v) is 9.14. The van der Waals surface area contributed by atoms with E-state index in [4.69, 9.17) is 0 Å². The Bertz CT molecular complexity index is 1000. The Morgan fingerprint density at radius 3 is 2.00 bits per heavy atom. The third-order valence-corrected chi connectivity index (χ3v) is 5.19. The van der Waals surface area contributed by atoms with Crippen molar-refractivity contribution in [1.82, 2.24) is 0 Å². The zero-order valence-electron chi connectivity index (χ0n) is 16.3. The SMILES string of the molecule is Cc1cc(C)c(O)c(Cc2c(C)ccc(Cc3cccc(C)c3O)c2O)c1. The average molecular weight is 362 g/mol. The molecule has 3 aromatic carbocycles. The molecule has 0 aromatic heterocycles. The zero-order valence-corrected chi connectivity index (χ0v) is 16.3. The highest BCUT2D eigenvalue weighted by Crippen LogP contribution is 2.34. The number of phenols is 3. The van der Waals surface area contributed by atoms with Crippen LogP contribution in [-0.4, -0.2) is 15.3 Å². The van der Waals surface area contributed by atoms with Crippen LogP contribution >= 0.6 is 0 Å². The molecule has 0 heterocycles. The van der Waals surface area contributed by atoms with E-state index in [1.54, 1.807) is 0 Å². The Morgan fingerprint density at radius 1 is 0.593 bits per heavy atom. The minimum Gasteiger partial charge on any atom is -0.507 e. The Morgan fingerprint density at radius 2 is 1.26 bits per heavy atom. The van der Waals surface area contributed by atoms with Crippen LogP contribution < -0.4 is 0 Å². The van der Waals surface area contributed by atoms with E-state index in [0.717, 1.165) is 44.5 Å². The van der Waals surface area contributed by atoms with Gasteiger partial charge in [-0.2, -0.15) is 0 Å². The molecule has 0 atom stereocenters.